The molecule has 0 aromatic heterocycles. The molecule has 1 saturated heterocycles. The fourth-order valence-electron chi connectivity index (χ4n) is 3.02. The predicted octanol–water partition coefficient (Wildman–Crippen LogP) is -1.87. The van der Waals surface area contributed by atoms with Crippen molar-refractivity contribution in [3.05, 3.63) is 48.5 Å². The number of imide groups is 1. The molecule has 1 atom stereocenters. The van der Waals surface area contributed by atoms with Crippen molar-refractivity contribution in [1.82, 2.24) is 5.43 Å². The summed E-state index contributed by atoms with van der Waals surface area (Å²) in [5, 5.41) is 15.9. The van der Waals surface area contributed by atoms with Crippen molar-refractivity contribution in [2.24, 2.45) is 27.0 Å². The van der Waals surface area contributed by atoms with Crippen LogP contribution in [0.2, 0.25) is 0 Å². The summed E-state index contributed by atoms with van der Waals surface area (Å²) < 4.78 is 45.7. The first-order valence-corrected chi connectivity index (χ1v) is 12.4. The lowest BCUT2D eigenvalue weighted by molar-refractivity contribution is -0.127. The van der Waals surface area contributed by atoms with Gasteiger partial charge in [0, 0.05) is 5.69 Å². The van der Waals surface area contributed by atoms with E-state index in [0.29, 0.717) is 4.90 Å². The van der Waals surface area contributed by atoms with Gasteiger partial charge in [-0.2, -0.15) is 5.10 Å². The quantitative estimate of drug-likeness (QED) is 0.162. The molecular formula is C18H17N7O8S2. The Bertz CT molecular complexity index is 1470. The first-order chi connectivity index (χ1) is 16.2. The second kappa shape index (κ2) is 9.22. The Morgan fingerprint density at radius 1 is 0.857 bits per heavy atom. The van der Waals surface area contributed by atoms with Crippen LogP contribution in [0.1, 0.15) is 0 Å². The molecule has 1 fully saturated rings. The van der Waals surface area contributed by atoms with Crippen LogP contribution in [-0.2, 0) is 34.4 Å². The highest BCUT2D eigenvalue weighted by Gasteiger charge is 2.50. The summed E-state index contributed by atoms with van der Waals surface area (Å²) in [6.07, 6.45) is 0. The molecular weight excluding hydrogens is 506 g/mol. The van der Waals surface area contributed by atoms with Crippen molar-refractivity contribution in [3.8, 4) is 0 Å². The summed E-state index contributed by atoms with van der Waals surface area (Å²) in [6.45, 7) is 0. The van der Waals surface area contributed by atoms with E-state index in [1.54, 1.807) is 5.43 Å². The molecule has 35 heavy (non-hydrogen) atoms. The van der Waals surface area contributed by atoms with Crippen molar-refractivity contribution >= 4 is 60.9 Å². The number of nitrogens with two attached hydrogens (primary N) is 3. The maximum atomic E-state index is 13.1. The molecule has 8 N–H and O–H groups in total. The van der Waals surface area contributed by atoms with E-state index in [9.17, 15) is 36.0 Å². The fraction of sp³-hybridized carbons (Fsp3) is 0.0556. The van der Waals surface area contributed by atoms with E-state index < -0.39 is 55.4 Å². The van der Waals surface area contributed by atoms with Crippen LogP contribution in [-0.4, -0.2) is 46.3 Å². The Morgan fingerprint density at radius 2 is 1.34 bits per heavy atom. The van der Waals surface area contributed by atoms with Crippen molar-refractivity contribution in [1.29, 1.82) is 0 Å². The molecule has 1 aliphatic rings. The molecule has 2 aromatic rings. The number of sulfonamides is 2. The smallest absolute Gasteiger partial charge is 0.332 e. The van der Waals surface area contributed by atoms with E-state index in [2.05, 4.69) is 10.4 Å². The molecule has 1 unspecified atom stereocenters. The van der Waals surface area contributed by atoms with E-state index >= 15 is 0 Å². The van der Waals surface area contributed by atoms with Crippen LogP contribution >= 0.6 is 0 Å². The molecule has 3 rings (SSSR count). The van der Waals surface area contributed by atoms with Gasteiger partial charge in [0.1, 0.15) is 5.71 Å². The van der Waals surface area contributed by atoms with Gasteiger partial charge in [0.25, 0.3) is 11.8 Å². The molecule has 184 valence electrons. The Balaban J connectivity index is 1.95. The monoisotopic (exact) mass is 523 g/mol. The summed E-state index contributed by atoms with van der Waals surface area (Å²) in [5.41, 5.74) is 6.01. The molecule has 15 nitrogen and oxygen atoms in total. The third-order valence-electron chi connectivity index (χ3n) is 4.59. The van der Waals surface area contributed by atoms with Crippen molar-refractivity contribution < 1.29 is 36.0 Å². The minimum atomic E-state index is -4.05. The van der Waals surface area contributed by atoms with Gasteiger partial charge >= 0.3 is 6.03 Å². The van der Waals surface area contributed by atoms with Crippen LogP contribution in [0.4, 0.5) is 16.2 Å². The third kappa shape index (κ3) is 5.49. The average molecular weight is 524 g/mol. The Kier molecular flexibility index (Phi) is 6.70. The van der Waals surface area contributed by atoms with Crippen molar-refractivity contribution in [2.75, 3.05) is 10.2 Å². The number of anilines is 2. The zero-order valence-electron chi connectivity index (χ0n) is 17.4. The van der Waals surface area contributed by atoms with Gasteiger partial charge in [-0.25, -0.2) is 42.2 Å². The number of nitrogens with one attached hydrogen (secondary N) is 2. The fourth-order valence-corrected chi connectivity index (χ4v) is 4.05. The van der Waals surface area contributed by atoms with Gasteiger partial charge in [-0.15, -0.1) is 0 Å². The summed E-state index contributed by atoms with van der Waals surface area (Å²) in [6, 6.07) is 7.75. The molecule has 0 saturated carbocycles. The SMILES string of the molecule is NC(=O)N/N=C1/C(=O)N(c2ccc(S(N)(=O)=O)cc2)C(=O)C1C(=O)Nc1ccc(S(N)(=O)=O)cc1. The number of rotatable bonds is 6. The van der Waals surface area contributed by atoms with Gasteiger partial charge in [-0.1, -0.05) is 0 Å². The van der Waals surface area contributed by atoms with E-state index in [1.807, 2.05) is 0 Å². The number of benzene rings is 2. The predicted molar refractivity (Wildman–Crippen MR) is 120 cm³/mol. The lowest BCUT2D eigenvalue weighted by Crippen LogP contribution is -2.35. The molecule has 1 aliphatic heterocycles. The summed E-state index contributed by atoms with van der Waals surface area (Å²) in [4.78, 5) is 50.0. The summed E-state index contributed by atoms with van der Waals surface area (Å²) >= 11 is 0. The molecule has 5 amide bonds. The summed E-state index contributed by atoms with van der Waals surface area (Å²) in [7, 11) is -8.04. The van der Waals surface area contributed by atoms with Crippen LogP contribution in [0.5, 0.6) is 0 Å². The van der Waals surface area contributed by atoms with E-state index in [4.69, 9.17) is 16.0 Å². The number of carbonyl (C=O) groups excluding carboxylic acids is 4. The van der Waals surface area contributed by atoms with Crippen LogP contribution in [0, 0.1) is 5.92 Å². The van der Waals surface area contributed by atoms with Gasteiger partial charge in [0.2, 0.25) is 26.0 Å². The molecule has 17 heteroatoms. The Labute approximate surface area is 198 Å². The number of urea groups is 1. The highest BCUT2D eigenvalue weighted by atomic mass is 32.2. The van der Waals surface area contributed by atoms with Gasteiger partial charge < -0.3 is 11.1 Å². The minimum absolute atomic E-state index is 0.0563. The maximum absolute atomic E-state index is 13.1. The van der Waals surface area contributed by atoms with Gasteiger partial charge in [-0.05, 0) is 48.5 Å². The topological polar surface area (TPSA) is 254 Å². The van der Waals surface area contributed by atoms with Crippen LogP contribution in [0.25, 0.3) is 0 Å². The second-order valence-corrected chi connectivity index (χ2v) is 10.1. The molecule has 0 spiro atoms. The lowest BCUT2D eigenvalue weighted by atomic mass is 10.0. The van der Waals surface area contributed by atoms with Crippen LogP contribution in [0.3, 0.4) is 0 Å². The summed E-state index contributed by atoms with van der Waals surface area (Å²) in [5.74, 6) is -5.04. The first-order valence-electron chi connectivity index (χ1n) is 9.28. The average Bonchev–Trinajstić information content (AvgIpc) is 3.00. The number of nitrogens with zero attached hydrogens (tertiary/aromatic N) is 2. The maximum Gasteiger partial charge on any atom is 0.332 e. The van der Waals surface area contributed by atoms with Crippen molar-refractivity contribution in [3.63, 3.8) is 0 Å². The Hall–Kier alpha value is -4.19. The number of primary sulfonamides is 2. The highest BCUT2D eigenvalue weighted by Crippen LogP contribution is 2.27. The first kappa shape index (κ1) is 25.4. The van der Waals surface area contributed by atoms with E-state index in [0.717, 1.165) is 36.4 Å². The zero-order valence-corrected chi connectivity index (χ0v) is 19.0. The third-order valence-corrected chi connectivity index (χ3v) is 6.44. The van der Waals surface area contributed by atoms with E-state index in [1.165, 1.54) is 12.1 Å². The van der Waals surface area contributed by atoms with Gasteiger partial charge in [0.15, 0.2) is 5.92 Å². The molecule has 0 aliphatic carbocycles. The molecule has 0 radical (unpaired) electrons. The number of hydrogen-bond acceptors (Lipinski definition) is 9. The number of hydrogen-bond donors (Lipinski definition) is 5. The number of carbonyl (C=O) groups is 4. The lowest BCUT2D eigenvalue weighted by Gasteiger charge is -2.14. The van der Waals surface area contributed by atoms with Gasteiger partial charge in [-0.3, -0.25) is 14.4 Å². The minimum Gasteiger partial charge on any atom is -0.350 e. The largest absolute Gasteiger partial charge is 0.350 e. The standard InChI is InChI=1S/C18H17N7O8S2/c19-18(29)24-23-14-13(15(26)22-9-1-5-11(6-2-9)34(20,30)31)16(27)25(17(14)28)10-3-7-12(8-4-10)35(21,32)33/h1-8,13H,(H,22,26)(H3,19,24,29)(H2,20,30,31)(H2,21,32,33)/b23-14+. The van der Waals surface area contributed by atoms with Gasteiger partial charge in [0.05, 0.1) is 15.5 Å². The highest BCUT2D eigenvalue weighted by molar-refractivity contribution is 7.89. The molecule has 0 bridgehead atoms. The Morgan fingerprint density at radius 3 is 1.80 bits per heavy atom. The number of amides is 5. The normalized spacial score (nSPS) is 17.5. The molecule has 1 heterocycles. The van der Waals surface area contributed by atoms with E-state index in [-0.39, 0.29) is 21.2 Å². The van der Waals surface area contributed by atoms with Crippen LogP contribution in [0.15, 0.2) is 63.4 Å². The second-order valence-electron chi connectivity index (χ2n) is 6.98. The van der Waals surface area contributed by atoms with Crippen LogP contribution < -0.4 is 31.7 Å². The molecule has 2 aromatic carbocycles. The van der Waals surface area contributed by atoms with Crippen molar-refractivity contribution in [2.45, 2.75) is 9.79 Å². The number of primary amides is 1. The zero-order chi connectivity index (χ0) is 26.1. The number of hydrazone groups is 1.